The Morgan fingerprint density at radius 3 is 2.88 bits per heavy atom. The standard InChI is InChI=1S/C19H20N2OS2/c1-14-20-17-10-9-16(12-18(17)24-14)21-19(22)8-5-11-23-13-15-6-3-2-4-7-15/h2-4,6-7,9-10,12H,5,8,11,13H2,1H3,(H,21,22). The van der Waals surface area contributed by atoms with Gasteiger partial charge in [0.25, 0.3) is 0 Å². The normalized spacial score (nSPS) is 10.9. The van der Waals surface area contributed by atoms with E-state index >= 15 is 0 Å². The number of carbonyl (C=O) groups is 1. The monoisotopic (exact) mass is 356 g/mol. The zero-order valence-corrected chi connectivity index (χ0v) is 15.3. The maximum Gasteiger partial charge on any atom is 0.224 e. The van der Waals surface area contributed by atoms with Crippen molar-refractivity contribution in [1.82, 2.24) is 4.98 Å². The van der Waals surface area contributed by atoms with Crippen LogP contribution in [0.25, 0.3) is 10.2 Å². The van der Waals surface area contributed by atoms with Gasteiger partial charge in [-0.1, -0.05) is 30.3 Å². The molecule has 3 rings (SSSR count). The van der Waals surface area contributed by atoms with Gasteiger partial charge in [0.15, 0.2) is 0 Å². The Morgan fingerprint density at radius 2 is 2.04 bits per heavy atom. The largest absolute Gasteiger partial charge is 0.326 e. The predicted molar refractivity (Wildman–Crippen MR) is 105 cm³/mol. The number of aromatic nitrogens is 1. The zero-order valence-electron chi connectivity index (χ0n) is 13.6. The minimum Gasteiger partial charge on any atom is -0.326 e. The van der Waals surface area contributed by atoms with Gasteiger partial charge in [-0.2, -0.15) is 11.8 Å². The molecule has 0 saturated heterocycles. The van der Waals surface area contributed by atoms with Gasteiger partial charge in [-0.05, 0) is 42.9 Å². The van der Waals surface area contributed by atoms with Gasteiger partial charge in [-0.25, -0.2) is 4.98 Å². The molecule has 2 aromatic carbocycles. The number of nitrogens with zero attached hydrogens (tertiary/aromatic N) is 1. The fourth-order valence-corrected chi connectivity index (χ4v) is 4.23. The van der Waals surface area contributed by atoms with E-state index < -0.39 is 0 Å². The average Bonchev–Trinajstić information content (AvgIpc) is 2.95. The molecule has 3 aromatic rings. The highest BCUT2D eigenvalue weighted by Gasteiger charge is 2.05. The number of nitrogens with one attached hydrogen (secondary N) is 1. The number of hydrogen-bond acceptors (Lipinski definition) is 4. The highest BCUT2D eigenvalue weighted by molar-refractivity contribution is 7.98. The topological polar surface area (TPSA) is 42.0 Å². The summed E-state index contributed by atoms with van der Waals surface area (Å²) < 4.78 is 1.11. The fraction of sp³-hybridized carbons (Fsp3) is 0.263. The predicted octanol–water partition coefficient (Wildman–Crippen LogP) is 5.26. The van der Waals surface area contributed by atoms with Crippen LogP contribution in [0.2, 0.25) is 0 Å². The molecule has 0 unspecified atom stereocenters. The van der Waals surface area contributed by atoms with Gasteiger partial charge in [0, 0.05) is 17.9 Å². The summed E-state index contributed by atoms with van der Waals surface area (Å²) in [4.78, 5) is 16.5. The van der Waals surface area contributed by atoms with E-state index in [1.54, 1.807) is 11.3 Å². The number of thiazole rings is 1. The minimum absolute atomic E-state index is 0.0795. The van der Waals surface area contributed by atoms with Crippen LogP contribution in [0.5, 0.6) is 0 Å². The summed E-state index contributed by atoms with van der Waals surface area (Å²) in [6.45, 7) is 2.00. The second-order valence-electron chi connectivity index (χ2n) is 5.61. The molecule has 1 amide bonds. The van der Waals surface area contributed by atoms with Crippen LogP contribution in [0.4, 0.5) is 5.69 Å². The van der Waals surface area contributed by atoms with Crippen molar-refractivity contribution in [2.75, 3.05) is 11.1 Å². The summed E-state index contributed by atoms with van der Waals surface area (Å²) in [5.74, 6) is 2.08. The lowest BCUT2D eigenvalue weighted by Gasteiger charge is -2.05. The van der Waals surface area contributed by atoms with Crippen LogP contribution < -0.4 is 5.32 Å². The van der Waals surface area contributed by atoms with E-state index in [1.165, 1.54) is 5.56 Å². The van der Waals surface area contributed by atoms with Gasteiger partial charge in [0.05, 0.1) is 15.2 Å². The lowest BCUT2D eigenvalue weighted by atomic mass is 10.2. The zero-order chi connectivity index (χ0) is 16.8. The first kappa shape index (κ1) is 17.0. The third-order valence-electron chi connectivity index (χ3n) is 3.58. The van der Waals surface area contributed by atoms with E-state index in [2.05, 4.69) is 34.6 Å². The Labute approximate surface area is 150 Å². The molecule has 0 bridgehead atoms. The highest BCUT2D eigenvalue weighted by atomic mass is 32.2. The van der Waals surface area contributed by atoms with E-state index in [-0.39, 0.29) is 5.91 Å². The molecule has 0 aliphatic carbocycles. The molecule has 0 aliphatic rings. The smallest absolute Gasteiger partial charge is 0.224 e. The van der Waals surface area contributed by atoms with Crippen LogP contribution in [-0.4, -0.2) is 16.6 Å². The molecule has 5 heteroatoms. The molecule has 3 nitrogen and oxygen atoms in total. The number of fused-ring (bicyclic) bond motifs is 1. The number of aryl methyl sites for hydroxylation is 1. The Balaban J connectivity index is 1.40. The van der Waals surface area contributed by atoms with Crippen LogP contribution >= 0.6 is 23.1 Å². The van der Waals surface area contributed by atoms with Crippen molar-refractivity contribution in [3.63, 3.8) is 0 Å². The van der Waals surface area contributed by atoms with Crippen molar-refractivity contribution < 1.29 is 4.79 Å². The van der Waals surface area contributed by atoms with Gasteiger partial charge in [-0.3, -0.25) is 4.79 Å². The third-order valence-corrected chi connectivity index (χ3v) is 5.63. The van der Waals surface area contributed by atoms with Crippen LogP contribution in [0.3, 0.4) is 0 Å². The third kappa shape index (κ3) is 4.82. The Kier molecular flexibility index (Phi) is 5.88. The fourth-order valence-electron chi connectivity index (χ4n) is 2.44. The van der Waals surface area contributed by atoms with Crippen molar-refractivity contribution in [3.05, 3.63) is 59.1 Å². The lowest BCUT2D eigenvalue weighted by Crippen LogP contribution is -2.11. The van der Waals surface area contributed by atoms with E-state index in [4.69, 9.17) is 0 Å². The first-order chi connectivity index (χ1) is 11.7. The first-order valence-electron chi connectivity index (χ1n) is 7.99. The van der Waals surface area contributed by atoms with Crippen molar-refractivity contribution in [2.45, 2.75) is 25.5 Å². The van der Waals surface area contributed by atoms with Crippen molar-refractivity contribution in [1.29, 1.82) is 0 Å². The Morgan fingerprint density at radius 1 is 1.21 bits per heavy atom. The van der Waals surface area contributed by atoms with Crippen molar-refractivity contribution >= 4 is 44.9 Å². The number of benzene rings is 2. The lowest BCUT2D eigenvalue weighted by molar-refractivity contribution is -0.116. The second-order valence-corrected chi connectivity index (χ2v) is 7.95. The summed E-state index contributed by atoms with van der Waals surface area (Å²) in [6.07, 6.45) is 1.45. The quantitative estimate of drug-likeness (QED) is 0.587. The molecule has 0 saturated carbocycles. The number of carbonyl (C=O) groups excluding carboxylic acids is 1. The highest BCUT2D eigenvalue weighted by Crippen LogP contribution is 2.25. The minimum atomic E-state index is 0.0795. The molecule has 0 fully saturated rings. The number of thioether (sulfide) groups is 1. The van der Waals surface area contributed by atoms with Crippen LogP contribution in [-0.2, 0) is 10.5 Å². The van der Waals surface area contributed by atoms with E-state index in [9.17, 15) is 4.79 Å². The van der Waals surface area contributed by atoms with E-state index in [0.29, 0.717) is 6.42 Å². The molecular weight excluding hydrogens is 336 g/mol. The molecule has 124 valence electrons. The van der Waals surface area contributed by atoms with Gasteiger partial charge in [0.2, 0.25) is 5.91 Å². The Bertz CT molecular complexity index is 815. The van der Waals surface area contributed by atoms with Gasteiger partial charge < -0.3 is 5.32 Å². The molecule has 1 N–H and O–H groups in total. The number of rotatable bonds is 7. The molecule has 0 radical (unpaired) electrons. The first-order valence-corrected chi connectivity index (χ1v) is 9.96. The SMILES string of the molecule is Cc1nc2ccc(NC(=O)CCCSCc3ccccc3)cc2s1. The second kappa shape index (κ2) is 8.31. The molecule has 1 heterocycles. The van der Waals surface area contributed by atoms with Gasteiger partial charge >= 0.3 is 0 Å². The maximum atomic E-state index is 12.1. The number of hydrogen-bond donors (Lipinski definition) is 1. The maximum absolute atomic E-state index is 12.1. The molecule has 0 spiro atoms. The van der Waals surface area contributed by atoms with Gasteiger partial charge in [-0.15, -0.1) is 11.3 Å². The molecule has 0 aliphatic heterocycles. The summed E-state index contributed by atoms with van der Waals surface area (Å²) in [7, 11) is 0. The summed E-state index contributed by atoms with van der Waals surface area (Å²) >= 11 is 3.52. The molecular formula is C19H20N2OS2. The average molecular weight is 357 g/mol. The van der Waals surface area contributed by atoms with Crippen molar-refractivity contribution in [3.8, 4) is 0 Å². The van der Waals surface area contributed by atoms with Crippen LogP contribution in [0.15, 0.2) is 48.5 Å². The van der Waals surface area contributed by atoms with Crippen LogP contribution in [0, 0.1) is 6.92 Å². The Hall–Kier alpha value is -1.85. The van der Waals surface area contributed by atoms with Crippen LogP contribution in [0.1, 0.15) is 23.4 Å². The summed E-state index contributed by atoms with van der Waals surface area (Å²) in [5, 5.41) is 4.03. The molecule has 24 heavy (non-hydrogen) atoms. The van der Waals surface area contributed by atoms with Crippen molar-refractivity contribution in [2.24, 2.45) is 0 Å². The molecule has 1 aromatic heterocycles. The summed E-state index contributed by atoms with van der Waals surface area (Å²) in [6, 6.07) is 16.3. The summed E-state index contributed by atoms with van der Waals surface area (Å²) in [5.41, 5.74) is 3.18. The van der Waals surface area contributed by atoms with E-state index in [0.717, 1.165) is 38.8 Å². The number of anilines is 1. The molecule has 0 atom stereocenters. The van der Waals surface area contributed by atoms with E-state index in [1.807, 2.05) is 43.0 Å². The van der Waals surface area contributed by atoms with Gasteiger partial charge in [0.1, 0.15) is 0 Å². The number of amides is 1.